The molecule has 1 aromatic carbocycles. The number of hydrogen-bond donors (Lipinski definition) is 0. The van der Waals surface area contributed by atoms with Gasteiger partial charge >= 0.3 is 0 Å². The van der Waals surface area contributed by atoms with E-state index in [0.717, 1.165) is 19.6 Å². The number of benzene rings is 1. The summed E-state index contributed by atoms with van der Waals surface area (Å²) in [5.41, 5.74) is 2.52. The number of likely N-dealkylation sites (N-methyl/N-ethyl adjacent to an activating group) is 1. The third-order valence-corrected chi connectivity index (χ3v) is 3.79. The van der Waals surface area contributed by atoms with Crippen LogP contribution in [0.2, 0.25) is 0 Å². The molecule has 102 valence electrons. The Balaban J connectivity index is 2.26. The van der Waals surface area contributed by atoms with E-state index in [4.69, 9.17) is 5.26 Å². The summed E-state index contributed by atoms with van der Waals surface area (Å²) in [7, 11) is 2.15. The zero-order valence-electron chi connectivity index (χ0n) is 12.1. The predicted molar refractivity (Wildman–Crippen MR) is 79.2 cm³/mol. The monoisotopic (exact) mass is 257 g/mol. The van der Waals surface area contributed by atoms with Crippen molar-refractivity contribution in [2.24, 2.45) is 5.92 Å². The molecule has 19 heavy (non-hydrogen) atoms. The molecule has 1 aliphatic rings. The fourth-order valence-electron chi connectivity index (χ4n) is 2.94. The minimum absolute atomic E-state index is 0.294. The van der Waals surface area contributed by atoms with Gasteiger partial charge in [0.1, 0.15) is 0 Å². The molecule has 2 rings (SSSR count). The highest BCUT2D eigenvalue weighted by Gasteiger charge is 2.26. The second-order valence-corrected chi connectivity index (χ2v) is 5.83. The van der Waals surface area contributed by atoms with E-state index < -0.39 is 0 Å². The van der Waals surface area contributed by atoms with E-state index in [1.807, 2.05) is 0 Å². The number of nitrogens with zero attached hydrogens (tertiary/aromatic N) is 3. The largest absolute Gasteiger partial charge is 0.366 e. The highest BCUT2D eigenvalue weighted by atomic mass is 15.2. The van der Waals surface area contributed by atoms with Gasteiger partial charge in [-0.3, -0.25) is 0 Å². The zero-order valence-corrected chi connectivity index (χ0v) is 12.1. The lowest BCUT2D eigenvalue weighted by Gasteiger charge is -2.32. The maximum absolute atomic E-state index is 9.08. The smallest absolute Gasteiger partial charge is 0.0643 e. The molecule has 1 fully saturated rings. The second-order valence-electron chi connectivity index (χ2n) is 5.83. The first-order valence-electron chi connectivity index (χ1n) is 6.99. The van der Waals surface area contributed by atoms with Crippen LogP contribution in [0.5, 0.6) is 0 Å². The molecule has 3 heteroatoms. The van der Waals surface area contributed by atoms with E-state index in [1.54, 1.807) is 0 Å². The maximum atomic E-state index is 9.08. The van der Waals surface area contributed by atoms with E-state index in [2.05, 4.69) is 61.0 Å². The van der Waals surface area contributed by atoms with Crippen LogP contribution in [-0.2, 0) is 0 Å². The van der Waals surface area contributed by atoms with E-state index in [1.165, 1.54) is 11.3 Å². The summed E-state index contributed by atoms with van der Waals surface area (Å²) in [4.78, 5) is 4.76. The van der Waals surface area contributed by atoms with Crippen LogP contribution in [0, 0.1) is 24.2 Å². The molecule has 0 amide bonds. The zero-order chi connectivity index (χ0) is 13.8. The molecule has 2 unspecified atom stereocenters. The van der Waals surface area contributed by atoms with Gasteiger partial charge in [-0.25, -0.2) is 0 Å². The van der Waals surface area contributed by atoms with Crippen molar-refractivity contribution in [1.29, 1.82) is 5.26 Å². The molecular weight excluding hydrogens is 234 g/mol. The minimum atomic E-state index is 0.294. The van der Waals surface area contributed by atoms with Gasteiger partial charge in [-0.15, -0.1) is 0 Å². The lowest BCUT2D eigenvalue weighted by molar-refractivity contribution is 0.304. The molecule has 2 atom stereocenters. The van der Waals surface area contributed by atoms with Gasteiger partial charge < -0.3 is 9.80 Å². The Labute approximate surface area is 116 Å². The van der Waals surface area contributed by atoms with Gasteiger partial charge in [0.05, 0.1) is 18.5 Å². The highest BCUT2D eigenvalue weighted by Crippen LogP contribution is 2.24. The number of anilines is 1. The maximum Gasteiger partial charge on any atom is 0.0643 e. The normalized spacial score (nSPS) is 24.8. The van der Waals surface area contributed by atoms with Gasteiger partial charge in [-0.1, -0.05) is 24.6 Å². The van der Waals surface area contributed by atoms with E-state index in [0.29, 0.717) is 18.4 Å². The Kier molecular flexibility index (Phi) is 4.44. The molecule has 1 aliphatic heterocycles. The highest BCUT2D eigenvalue weighted by molar-refractivity contribution is 5.49. The van der Waals surface area contributed by atoms with Crippen molar-refractivity contribution in [3.63, 3.8) is 0 Å². The summed E-state index contributed by atoms with van der Waals surface area (Å²) in [6, 6.07) is 11.3. The first kappa shape index (κ1) is 13.9. The standard InChI is InChI=1S/C16H23N3/c1-13-4-6-15(7-5-13)19-11-14(2)10-18(3)12-16(19)8-9-17/h4-7,14,16H,8,10-12H2,1-3H3. The Morgan fingerprint density at radius 1 is 1.21 bits per heavy atom. The Morgan fingerprint density at radius 3 is 2.53 bits per heavy atom. The number of aryl methyl sites for hydroxylation is 1. The fraction of sp³-hybridized carbons (Fsp3) is 0.562. The van der Waals surface area contributed by atoms with E-state index >= 15 is 0 Å². The van der Waals surface area contributed by atoms with Crippen molar-refractivity contribution < 1.29 is 0 Å². The van der Waals surface area contributed by atoms with Gasteiger partial charge in [0.15, 0.2) is 0 Å². The summed E-state index contributed by atoms with van der Waals surface area (Å²) in [6.07, 6.45) is 0.588. The summed E-state index contributed by atoms with van der Waals surface area (Å²) >= 11 is 0. The van der Waals surface area contributed by atoms with Crippen LogP contribution >= 0.6 is 0 Å². The lowest BCUT2D eigenvalue weighted by Crippen LogP contribution is -2.40. The van der Waals surface area contributed by atoms with Crippen LogP contribution in [0.15, 0.2) is 24.3 Å². The number of rotatable bonds is 2. The van der Waals surface area contributed by atoms with Crippen LogP contribution in [0.4, 0.5) is 5.69 Å². The molecule has 1 aromatic rings. The first-order valence-corrected chi connectivity index (χ1v) is 6.99. The summed E-state index contributed by atoms with van der Waals surface area (Å²) in [5.74, 6) is 0.620. The van der Waals surface area contributed by atoms with Crippen LogP contribution < -0.4 is 4.90 Å². The molecule has 0 aliphatic carbocycles. The topological polar surface area (TPSA) is 30.3 Å². The lowest BCUT2D eigenvalue weighted by atomic mass is 10.1. The van der Waals surface area contributed by atoms with Crippen molar-refractivity contribution in [2.75, 3.05) is 31.6 Å². The van der Waals surface area contributed by atoms with Crippen LogP contribution in [0.1, 0.15) is 18.9 Å². The molecule has 1 heterocycles. The fourth-order valence-corrected chi connectivity index (χ4v) is 2.94. The molecule has 0 aromatic heterocycles. The van der Waals surface area contributed by atoms with Gasteiger partial charge in [0, 0.05) is 25.3 Å². The molecule has 1 saturated heterocycles. The summed E-state index contributed by atoms with van der Waals surface area (Å²) < 4.78 is 0. The Morgan fingerprint density at radius 2 is 1.89 bits per heavy atom. The van der Waals surface area contributed by atoms with Gasteiger partial charge in [0.2, 0.25) is 0 Å². The first-order chi connectivity index (χ1) is 9.10. The van der Waals surface area contributed by atoms with Crippen molar-refractivity contribution in [1.82, 2.24) is 4.90 Å². The average Bonchev–Trinajstić information content (AvgIpc) is 2.49. The number of hydrogen-bond acceptors (Lipinski definition) is 3. The molecular formula is C16H23N3. The Hall–Kier alpha value is -1.53. The van der Waals surface area contributed by atoms with Crippen molar-refractivity contribution in [2.45, 2.75) is 26.3 Å². The molecule has 0 spiro atoms. The van der Waals surface area contributed by atoms with E-state index in [9.17, 15) is 0 Å². The third kappa shape index (κ3) is 3.48. The van der Waals surface area contributed by atoms with Gasteiger partial charge in [0.25, 0.3) is 0 Å². The average molecular weight is 257 g/mol. The molecule has 0 saturated carbocycles. The molecule has 0 radical (unpaired) electrons. The van der Waals surface area contributed by atoms with Crippen LogP contribution in [0.3, 0.4) is 0 Å². The Bertz CT molecular complexity index is 446. The van der Waals surface area contributed by atoms with Crippen molar-refractivity contribution in [3.05, 3.63) is 29.8 Å². The van der Waals surface area contributed by atoms with Crippen LogP contribution in [0.25, 0.3) is 0 Å². The molecule has 0 N–H and O–H groups in total. The summed E-state index contributed by atoms with van der Waals surface area (Å²) in [6.45, 7) is 7.48. The molecule has 3 nitrogen and oxygen atoms in total. The van der Waals surface area contributed by atoms with Crippen molar-refractivity contribution >= 4 is 5.69 Å². The number of nitriles is 1. The SMILES string of the molecule is Cc1ccc(N2CC(C)CN(C)CC2CC#N)cc1. The van der Waals surface area contributed by atoms with Crippen LogP contribution in [-0.4, -0.2) is 37.6 Å². The second kappa shape index (κ2) is 6.08. The summed E-state index contributed by atoms with van der Waals surface area (Å²) in [5, 5.41) is 9.08. The third-order valence-electron chi connectivity index (χ3n) is 3.79. The minimum Gasteiger partial charge on any atom is -0.366 e. The van der Waals surface area contributed by atoms with E-state index in [-0.39, 0.29) is 0 Å². The van der Waals surface area contributed by atoms with Gasteiger partial charge in [-0.05, 0) is 32.0 Å². The predicted octanol–water partition coefficient (Wildman–Crippen LogP) is 2.67. The quantitative estimate of drug-likeness (QED) is 0.816. The van der Waals surface area contributed by atoms with Crippen molar-refractivity contribution in [3.8, 4) is 6.07 Å². The van der Waals surface area contributed by atoms with Gasteiger partial charge in [-0.2, -0.15) is 5.26 Å². The molecule has 0 bridgehead atoms.